The number of fused-ring (bicyclic) bond motifs is 2. The SMILES string of the molecule is CC1CCC2(CC3C(CC(C4CCC5CC(O)CCC5(C)C4CC(=O)O)C3(C)O)O2)OC1. The summed E-state index contributed by atoms with van der Waals surface area (Å²) in [5, 5.41) is 32.0. The molecule has 3 aliphatic carbocycles. The Balaban J connectivity index is 1.38. The molecule has 2 aliphatic heterocycles. The molecule has 182 valence electrons. The molecule has 0 aromatic heterocycles. The molecule has 3 saturated carbocycles. The van der Waals surface area contributed by atoms with Crippen LogP contribution in [0.1, 0.15) is 85.0 Å². The van der Waals surface area contributed by atoms with E-state index in [0.717, 1.165) is 64.4 Å². The first-order valence-electron chi connectivity index (χ1n) is 13.0. The van der Waals surface area contributed by atoms with E-state index in [0.29, 0.717) is 11.8 Å². The molecule has 5 fully saturated rings. The summed E-state index contributed by atoms with van der Waals surface area (Å²) in [6.07, 6.45) is 7.79. The van der Waals surface area contributed by atoms with Crippen LogP contribution in [0.15, 0.2) is 0 Å². The number of carbonyl (C=O) groups is 1. The fourth-order valence-electron chi connectivity index (χ4n) is 8.68. The van der Waals surface area contributed by atoms with Gasteiger partial charge < -0.3 is 24.8 Å². The van der Waals surface area contributed by atoms with E-state index in [2.05, 4.69) is 13.8 Å². The van der Waals surface area contributed by atoms with Crippen LogP contribution in [0, 0.1) is 40.9 Å². The summed E-state index contributed by atoms with van der Waals surface area (Å²) in [5.41, 5.74) is -0.960. The maximum Gasteiger partial charge on any atom is 0.303 e. The summed E-state index contributed by atoms with van der Waals surface area (Å²) in [6, 6.07) is 0. The van der Waals surface area contributed by atoms with Crippen molar-refractivity contribution >= 4 is 5.97 Å². The van der Waals surface area contributed by atoms with Gasteiger partial charge in [-0.1, -0.05) is 13.8 Å². The van der Waals surface area contributed by atoms with E-state index in [-0.39, 0.29) is 47.7 Å². The number of hydrogen-bond donors (Lipinski definition) is 3. The smallest absolute Gasteiger partial charge is 0.303 e. The van der Waals surface area contributed by atoms with E-state index in [1.165, 1.54) is 0 Å². The Kier molecular flexibility index (Phi) is 5.72. The van der Waals surface area contributed by atoms with Gasteiger partial charge in [0.2, 0.25) is 0 Å². The van der Waals surface area contributed by atoms with Gasteiger partial charge in [-0.15, -0.1) is 0 Å². The third-order valence-electron chi connectivity index (χ3n) is 10.6. The molecule has 5 rings (SSSR count). The largest absolute Gasteiger partial charge is 0.481 e. The van der Waals surface area contributed by atoms with Crippen LogP contribution in [-0.4, -0.2) is 51.5 Å². The number of hydrogen-bond acceptors (Lipinski definition) is 5. The van der Waals surface area contributed by atoms with E-state index >= 15 is 0 Å². The molecule has 0 aromatic rings. The number of rotatable bonds is 3. The Hall–Kier alpha value is -0.690. The summed E-state index contributed by atoms with van der Waals surface area (Å²) in [6.45, 7) is 7.17. The molecule has 0 amide bonds. The molecule has 2 heterocycles. The highest BCUT2D eigenvalue weighted by Crippen LogP contribution is 2.63. The molecule has 32 heavy (non-hydrogen) atoms. The van der Waals surface area contributed by atoms with Gasteiger partial charge in [0.15, 0.2) is 5.79 Å². The monoisotopic (exact) mass is 450 g/mol. The van der Waals surface area contributed by atoms with E-state index in [1.54, 1.807) is 0 Å². The minimum absolute atomic E-state index is 0.00686. The summed E-state index contributed by atoms with van der Waals surface area (Å²) in [7, 11) is 0. The number of aliphatic carboxylic acids is 1. The van der Waals surface area contributed by atoms with E-state index in [4.69, 9.17) is 9.47 Å². The molecular formula is C26H42O6. The molecule has 0 radical (unpaired) electrons. The Morgan fingerprint density at radius 2 is 1.84 bits per heavy atom. The zero-order valence-electron chi connectivity index (χ0n) is 20.0. The van der Waals surface area contributed by atoms with Gasteiger partial charge in [0.1, 0.15) is 0 Å². The summed E-state index contributed by atoms with van der Waals surface area (Å²) in [5.74, 6) is -0.0468. The highest BCUT2D eigenvalue weighted by molar-refractivity contribution is 5.67. The quantitative estimate of drug-likeness (QED) is 0.602. The number of ether oxygens (including phenoxy) is 2. The fraction of sp³-hybridized carbons (Fsp3) is 0.962. The van der Waals surface area contributed by atoms with E-state index in [9.17, 15) is 20.1 Å². The molecule has 3 N–H and O–H groups in total. The maximum atomic E-state index is 11.9. The second-order valence-electron chi connectivity index (χ2n) is 12.5. The Labute approximate surface area is 192 Å². The van der Waals surface area contributed by atoms with Crippen LogP contribution in [-0.2, 0) is 14.3 Å². The molecule has 11 atom stereocenters. The number of aliphatic hydroxyl groups is 2. The number of carboxylic acid groups (broad SMARTS) is 1. The molecule has 6 heteroatoms. The van der Waals surface area contributed by atoms with Crippen molar-refractivity contribution in [2.45, 2.75) is 109 Å². The van der Waals surface area contributed by atoms with Gasteiger partial charge in [-0.2, -0.15) is 0 Å². The molecule has 0 bridgehead atoms. The first kappa shape index (κ1) is 23.1. The Bertz CT molecular complexity index is 728. The topological polar surface area (TPSA) is 96.2 Å². The second kappa shape index (κ2) is 7.93. The van der Waals surface area contributed by atoms with Gasteiger partial charge in [0.05, 0.1) is 24.4 Å². The molecule has 1 spiro atoms. The first-order chi connectivity index (χ1) is 15.0. The van der Waals surface area contributed by atoms with Gasteiger partial charge in [-0.3, -0.25) is 4.79 Å². The van der Waals surface area contributed by atoms with Crippen molar-refractivity contribution in [3.63, 3.8) is 0 Å². The third-order valence-corrected chi connectivity index (χ3v) is 10.6. The standard InChI is InChI=1S/C26H42O6/c1-15-6-9-26(31-14-15)13-21-22(32-26)11-20(25(21,3)30)18-5-4-16-10-17(27)7-8-24(16,2)19(18)12-23(28)29/h15-22,27,30H,4-14H2,1-3H3,(H,28,29). The second-order valence-corrected chi connectivity index (χ2v) is 12.5. The molecule has 0 aromatic carbocycles. The summed E-state index contributed by atoms with van der Waals surface area (Å²) in [4.78, 5) is 11.9. The van der Waals surface area contributed by atoms with Gasteiger partial charge in [-0.05, 0) is 86.9 Å². The normalized spacial score (nSPS) is 55.5. The van der Waals surface area contributed by atoms with Crippen molar-refractivity contribution in [2.24, 2.45) is 40.9 Å². The number of aliphatic hydroxyl groups excluding tert-OH is 1. The summed E-state index contributed by atoms with van der Waals surface area (Å²) >= 11 is 0. The Morgan fingerprint density at radius 3 is 2.50 bits per heavy atom. The van der Waals surface area contributed by atoms with E-state index in [1.807, 2.05) is 6.92 Å². The van der Waals surface area contributed by atoms with Crippen molar-refractivity contribution in [1.29, 1.82) is 0 Å². The minimum Gasteiger partial charge on any atom is -0.481 e. The van der Waals surface area contributed by atoms with Gasteiger partial charge >= 0.3 is 5.97 Å². The van der Waals surface area contributed by atoms with Crippen LogP contribution in [0.25, 0.3) is 0 Å². The highest BCUT2D eigenvalue weighted by atomic mass is 16.7. The van der Waals surface area contributed by atoms with Crippen LogP contribution in [0.4, 0.5) is 0 Å². The average molecular weight is 451 g/mol. The van der Waals surface area contributed by atoms with Crippen molar-refractivity contribution in [2.75, 3.05) is 6.61 Å². The van der Waals surface area contributed by atoms with Gasteiger partial charge in [0, 0.05) is 25.2 Å². The minimum atomic E-state index is -0.876. The lowest BCUT2D eigenvalue weighted by atomic mass is 9.49. The number of carboxylic acids is 1. The summed E-state index contributed by atoms with van der Waals surface area (Å²) < 4.78 is 12.7. The van der Waals surface area contributed by atoms with E-state index < -0.39 is 17.4 Å². The molecule has 5 aliphatic rings. The lowest BCUT2D eigenvalue weighted by Gasteiger charge is -2.56. The average Bonchev–Trinajstić information content (AvgIpc) is 3.19. The zero-order valence-corrected chi connectivity index (χ0v) is 20.0. The van der Waals surface area contributed by atoms with Gasteiger partial charge in [-0.25, -0.2) is 0 Å². The molecule has 2 saturated heterocycles. The lowest BCUT2D eigenvalue weighted by Crippen LogP contribution is -2.53. The van der Waals surface area contributed by atoms with Crippen molar-refractivity contribution < 1.29 is 29.6 Å². The molecule has 11 unspecified atom stereocenters. The maximum absolute atomic E-state index is 11.9. The van der Waals surface area contributed by atoms with Crippen molar-refractivity contribution in [1.82, 2.24) is 0 Å². The highest BCUT2D eigenvalue weighted by Gasteiger charge is 2.64. The van der Waals surface area contributed by atoms with Crippen LogP contribution in [0.5, 0.6) is 0 Å². The predicted molar refractivity (Wildman–Crippen MR) is 119 cm³/mol. The zero-order chi connectivity index (χ0) is 22.9. The molecule has 6 nitrogen and oxygen atoms in total. The van der Waals surface area contributed by atoms with Crippen LogP contribution in [0.2, 0.25) is 0 Å². The third kappa shape index (κ3) is 3.64. The van der Waals surface area contributed by atoms with Gasteiger partial charge in [0.25, 0.3) is 0 Å². The van der Waals surface area contributed by atoms with Crippen molar-refractivity contribution in [3.05, 3.63) is 0 Å². The predicted octanol–water partition coefficient (Wildman–Crippen LogP) is 3.97. The fourth-order valence-corrected chi connectivity index (χ4v) is 8.68. The van der Waals surface area contributed by atoms with Crippen molar-refractivity contribution in [3.8, 4) is 0 Å². The Morgan fingerprint density at radius 1 is 1.06 bits per heavy atom. The van der Waals surface area contributed by atoms with Crippen LogP contribution < -0.4 is 0 Å². The van der Waals surface area contributed by atoms with Crippen LogP contribution >= 0.6 is 0 Å². The van der Waals surface area contributed by atoms with Crippen LogP contribution in [0.3, 0.4) is 0 Å². The first-order valence-corrected chi connectivity index (χ1v) is 13.0. The lowest BCUT2D eigenvalue weighted by molar-refractivity contribution is -0.256. The molecular weight excluding hydrogens is 408 g/mol.